The second-order valence-electron chi connectivity index (χ2n) is 4.41. The minimum absolute atomic E-state index is 0.0516. The van der Waals surface area contributed by atoms with E-state index in [1.165, 1.54) is 24.4 Å². The number of hydrogen-bond donors (Lipinski definition) is 3. The number of carboxylic acid groups (broad SMARTS) is 1. The van der Waals surface area contributed by atoms with Gasteiger partial charge in [0, 0.05) is 12.4 Å². The van der Waals surface area contributed by atoms with E-state index in [0.717, 1.165) is 6.20 Å². The molecule has 2 heterocycles. The highest BCUT2D eigenvalue weighted by Crippen LogP contribution is 2.25. The van der Waals surface area contributed by atoms with E-state index in [9.17, 15) is 18.4 Å². The molecule has 2 aromatic rings. The first-order valence-electron chi connectivity index (χ1n) is 6.22. The van der Waals surface area contributed by atoms with E-state index >= 15 is 0 Å². The number of carbonyl (C=O) groups is 1. The molecule has 2 rings (SSSR count). The van der Waals surface area contributed by atoms with Gasteiger partial charge in [0.05, 0.1) is 18.7 Å². The number of rotatable bonds is 6. The van der Waals surface area contributed by atoms with Crippen molar-refractivity contribution in [3.8, 4) is 0 Å². The van der Waals surface area contributed by atoms with Gasteiger partial charge in [-0.3, -0.25) is 14.6 Å². The van der Waals surface area contributed by atoms with Crippen molar-refractivity contribution in [2.24, 2.45) is 0 Å². The van der Waals surface area contributed by atoms with Gasteiger partial charge in [-0.25, -0.2) is 4.98 Å². The summed E-state index contributed by atoms with van der Waals surface area (Å²) in [4.78, 5) is 31.6. The van der Waals surface area contributed by atoms with E-state index in [0.29, 0.717) is 0 Å². The average molecular weight is 310 g/mol. The Hall–Kier alpha value is -2.84. The first kappa shape index (κ1) is 15.5. The number of carboxylic acids is 1. The van der Waals surface area contributed by atoms with E-state index in [1.807, 2.05) is 0 Å². The highest BCUT2D eigenvalue weighted by molar-refractivity contribution is 5.69. The van der Waals surface area contributed by atoms with Crippen LogP contribution in [0.1, 0.15) is 11.4 Å². The molecule has 7 nitrogen and oxygen atoms in total. The third-order valence-electron chi connectivity index (χ3n) is 2.69. The van der Waals surface area contributed by atoms with Gasteiger partial charge in [-0.1, -0.05) is 6.07 Å². The lowest BCUT2D eigenvalue weighted by Gasteiger charge is -2.16. The second kappa shape index (κ2) is 6.29. The Balaban J connectivity index is 2.14. The summed E-state index contributed by atoms with van der Waals surface area (Å²) in [5.41, 5.74) is -1.11. The molecule has 9 heteroatoms. The molecule has 0 spiro atoms. The highest BCUT2D eigenvalue weighted by Gasteiger charge is 2.33. The number of anilines is 1. The largest absolute Gasteiger partial charge is 0.481 e. The van der Waals surface area contributed by atoms with Crippen LogP contribution in [0.4, 0.5) is 14.6 Å². The van der Waals surface area contributed by atoms with Gasteiger partial charge >= 0.3 is 11.9 Å². The molecule has 0 aliphatic rings. The molecular weight excluding hydrogens is 298 g/mol. The van der Waals surface area contributed by atoms with Crippen LogP contribution in [0.2, 0.25) is 0 Å². The Morgan fingerprint density at radius 2 is 2.18 bits per heavy atom. The number of halogens is 2. The van der Waals surface area contributed by atoms with E-state index < -0.39 is 36.1 Å². The van der Waals surface area contributed by atoms with Gasteiger partial charge < -0.3 is 15.4 Å². The first-order chi connectivity index (χ1) is 10.4. The van der Waals surface area contributed by atoms with Crippen LogP contribution in [0.3, 0.4) is 0 Å². The zero-order chi connectivity index (χ0) is 16.2. The molecule has 0 aliphatic carbocycles. The summed E-state index contributed by atoms with van der Waals surface area (Å²) in [6.07, 6.45) is 1.93. The zero-order valence-electron chi connectivity index (χ0n) is 11.2. The smallest absolute Gasteiger partial charge is 0.309 e. The fourth-order valence-corrected chi connectivity index (χ4v) is 1.67. The topological polar surface area (TPSA) is 108 Å². The lowest BCUT2D eigenvalue weighted by molar-refractivity contribution is -0.136. The molecule has 0 radical (unpaired) electrons. The number of hydrogen-bond acceptors (Lipinski definition) is 5. The van der Waals surface area contributed by atoms with E-state index in [-0.39, 0.29) is 11.5 Å². The van der Waals surface area contributed by atoms with Crippen molar-refractivity contribution in [1.29, 1.82) is 0 Å². The standard InChI is InChI=1S/C13H12F2N4O3/c14-13(15,9-3-1-2-4-16-9)7-18-11-12(22)17-6-8(19-11)5-10(20)21/h1-4,6H,5,7H2,(H,17,22)(H,18,19)(H,20,21). The molecule has 0 aromatic carbocycles. The number of aliphatic carboxylic acids is 1. The Morgan fingerprint density at radius 1 is 1.41 bits per heavy atom. The lowest BCUT2D eigenvalue weighted by Crippen LogP contribution is -2.29. The number of H-pyrrole nitrogens is 1. The number of nitrogens with one attached hydrogen (secondary N) is 2. The van der Waals surface area contributed by atoms with Crippen molar-refractivity contribution in [3.63, 3.8) is 0 Å². The monoisotopic (exact) mass is 310 g/mol. The van der Waals surface area contributed by atoms with Crippen molar-refractivity contribution in [1.82, 2.24) is 15.0 Å². The number of aromatic amines is 1. The third kappa shape index (κ3) is 3.84. The van der Waals surface area contributed by atoms with Crippen molar-refractivity contribution in [3.05, 3.63) is 52.3 Å². The van der Waals surface area contributed by atoms with Crippen LogP contribution in [0.25, 0.3) is 0 Å². The first-order valence-corrected chi connectivity index (χ1v) is 6.22. The van der Waals surface area contributed by atoms with E-state index in [2.05, 4.69) is 20.3 Å². The van der Waals surface area contributed by atoms with Crippen LogP contribution < -0.4 is 10.9 Å². The van der Waals surface area contributed by atoms with Crippen LogP contribution in [-0.2, 0) is 17.1 Å². The summed E-state index contributed by atoms with van der Waals surface area (Å²) < 4.78 is 27.8. The molecule has 0 amide bonds. The number of alkyl halides is 2. The number of pyridine rings is 1. The van der Waals surface area contributed by atoms with E-state index in [1.54, 1.807) is 0 Å². The predicted octanol–water partition coefficient (Wildman–Crippen LogP) is 0.996. The summed E-state index contributed by atoms with van der Waals surface area (Å²) >= 11 is 0. The summed E-state index contributed by atoms with van der Waals surface area (Å²) in [6.45, 7) is -0.892. The molecule has 3 N–H and O–H groups in total. The van der Waals surface area contributed by atoms with Crippen molar-refractivity contribution in [2.45, 2.75) is 12.3 Å². The maximum absolute atomic E-state index is 13.9. The maximum Gasteiger partial charge on any atom is 0.309 e. The Bertz CT molecular complexity index is 719. The highest BCUT2D eigenvalue weighted by atomic mass is 19.3. The van der Waals surface area contributed by atoms with Crippen LogP contribution in [0.15, 0.2) is 35.4 Å². The van der Waals surface area contributed by atoms with Gasteiger partial charge in [-0.15, -0.1) is 0 Å². The summed E-state index contributed by atoms with van der Waals surface area (Å²) in [5, 5.41) is 10.9. The Labute approximate surface area is 123 Å². The normalized spacial score (nSPS) is 11.2. The van der Waals surface area contributed by atoms with Crippen molar-refractivity contribution in [2.75, 3.05) is 11.9 Å². The fourth-order valence-electron chi connectivity index (χ4n) is 1.67. The van der Waals surface area contributed by atoms with E-state index in [4.69, 9.17) is 5.11 Å². The Morgan fingerprint density at radius 3 is 2.82 bits per heavy atom. The van der Waals surface area contributed by atoms with Gasteiger partial charge in [0.1, 0.15) is 5.69 Å². The minimum atomic E-state index is -3.31. The summed E-state index contributed by atoms with van der Waals surface area (Å²) in [5.74, 6) is -4.82. The number of aromatic nitrogens is 3. The Kier molecular flexibility index (Phi) is 4.44. The van der Waals surface area contributed by atoms with Gasteiger partial charge in [-0.2, -0.15) is 8.78 Å². The molecule has 0 saturated carbocycles. The molecule has 0 atom stereocenters. The van der Waals surface area contributed by atoms with Crippen molar-refractivity contribution < 1.29 is 18.7 Å². The van der Waals surface area contributed by atoms with Gasteiger partial charge in [0.25, 0.3) is 5.56 Å². The van der Waals surface area contributed by atoms with Crippen LogP contribution >= 0.6 is 0 Å². The lowest BCUT2D eigenvalue weighted by atomic mass is 10.2. The molecule has 22 heavy (non-hydrogen) atoms. The zero-order valence-corrected chi connectivity index (χ0v) is 11.2. The second-order valence-corrected chi connectivity index (χ2v) is 4.41. The SMILES string of the molecule is O=C(O)Cc1c[nH]c(=O)c(NCC(F)(F)c2ccccn2)n1. The van der Waals surface area contributed by atoms with Crippen molar-refractivity contribution >= 4 is 11.8 Å². The van der Waals surface area contributed by atoms with Gasteiger partial charge in [-0.05, 0) is 12.1 Å². The maximum atomic E-state index is 13.9. The van der Waals surface area contributed by atoms with Crippen LogP contribution in [-0.4, -0.2) is 32.6 Å². The molecule has 0 saturated heterocycles. The quantitative estimate of drug-likeness (QED) is 0.734. The average Bonchev–Trinajstić information content (AvgIpc) is 2.48. The summed E-state index contributed by atoms with van der Waals surface area (Å²) in [6, 6.07) is 4.10. The molecular formula is C13H12F2N4O3. The molecule has 0 bridgehead atoms. The molecule has 2 aromatic heterocycles. The van der Waals surface area contributed by atoms with Gasteiger partial charge in [0.15, 0.2) is 5.82 Å². The molecule has 116 valence electrons. The molecule has 0 unspecified atom stereocenters. The predicted molar refractivity (Wildman–Crippen MR) is 72.8 cm³/mol. The van der Waals surface area contributed by atoms with Crippen LogP contribution in [0, 0.1) is 0 Å². The summed E-state index contributed by atoms with van der Waals surface area (Å²) in [7, 11) is 0. The minimum Gasteiger partial charge on any atom is -0.481 e. The fraction of sp³-hybridized carbons (Fsp3) is 0.231. The third-order valence-corrected chi connectivity index (χ3v) is 2.69. The van der Waals surface area contributed by atoms with Crippen LogP contribution in [0.5, 0.6) is 0 Å². The number of nitrogens with zero attached hydrogens (tertiary/aromatic N) is 2. The molecule has 0 aliphatic heterocycles. The molecule has 0 fully saturated rings. The van der Waals surface area contributed by atoms with Gasteiger partial charge in [0.2, 0.25) is 0 Å².